The molecule has 100 valence electrons. The molecule has 1 unspecified atom stereocenters. The summed E-state index contributed by atoms with van der Waals surface area (Å²) in [7, 11) is -3.35. The van der Waals surface area contributed by atoms with E-state index in [0.717, 1.165) is 18.4 Å². The molecule has 1 aliphatic heterocycles. The van der Waals surface area contributed by atoms with Crippen LogP contribution in [0.4, 0.5) is 8.78 Å². The highest BCUT2D eigenvalue weighted by molar-refractivity contribution is 7.88. The number of fused-ring (bicyclic) bond motifs is 1. The molecule has 1 aromatic rings. The van der Waals surface area contributed by atoms with Crippen molar-refractivity contribution in [1.29, 1.82) is 0 Å². The molecule has 1 heterocycles. The molecule has 0 aliphatic carbocycles. The number of sulfonamides is 1. The lowest BCUT2D eigenvalue weighted by atomic mass is 10.00. The van der Waals surface area contributed by atoms with E-state index in [9.17, 15) is 17.2 Å². The lowest BCUT2D eigenvalue weighted by molar-refractivity contribution is 0.404. The third-order valence-electron chi connectivity index (χ3n) is 3.08. The van der Waals surface area contributed by atoms with Gasteiger partial charge in [0, 0.05) is 19.1 Å². The molecule has 4 nitrogen and oxygen atoms in total. The van der Waals surface area contributed by atoms with Gasteiger partial charge in [-0.05, 0) is 29.7 Å². The number of hydrogen-bond acceptors (Lipinski definition) is 3. The molecule has 0 bridgehead atoms. The highest BCUT2D eigenvalue weighted by Gasteiger charge is 2.26. The van der Waals surface area contributed by atoms with E-state index in [1.807, 2.05) is 0 Å². The van der Waals surface area contributed by atoms with E-state index in [4.69, 9.17) is 5.73 Å². The molecule has 0 amide bonds. The van der Waals surface area contributed by atoms with Gasteiger partial charge >= 0.3 is 0 Å². The van der Waals surface area contributed by atoms with Crippen molar-refractivity contribution in [3.8, 4) is 0 Å². The Morgan fingerprint density at radius 2 is 1.94 bits per heavy atom. The van der Waals surface area contributed by atoms with Gasteiger partial charge in [-0.1, -0.05) is 0 Å². The molecule has 18 heavy (non-hydrogen) atoms. The lowest BCUT2D eigenvalue weighted by Crippen LogP contribution is -2.35. The Balaban J connectivity index is 2.41. The molecule has 0 fully saturated rings. The molecule has 7 heteroatoms. The van der Waals surface area contributed by atoms with E-state index in [2.05, 4.69) is 0 Å². The Morgan fingerprint density at radius 1 is 1.33 bits per heavy atom. The van der Waals surface area contributed by atoms with Gasteiger partial charge in [0.25, 0.3) is 0 Å². The average molecular weight is 276 g/mol. The summed E-state index contributed by atoms with van der Waals surface area (Å²) in [6.07, 6.45) is 1.42. The maximum Gasteiger partial charge on any atom is 0.211 e. The van der Waals surface area contributed by atoms with Crippen LogP contribution in [-0.2, 0) is 16.4 Å². The van der Waals surface area contributed by atoms with Crippen LogP contribution in [0.2, 0.25) is 0 Å². The van der Waals surface area contributed by atoms with Gasteiger partial charge in [-0.2, -0.15) is 4.31 Å². The van der Waals surface area contributed by atoms with Gasteiger partial charge in [-0.25, -0.2) is 17.2 Å². The van der Waals surface area contributed by atoms with Crippen molar-refractivity contribution in [2.45, 2.75) is 12.5 Å². The number of rotatable bonds is 1. The maximum atomic E-state index is 13.2. The number of nitrogens with two attached hydrogens (primary N) is 1. The third-order valence-corrected chi connectivity index (χ3v) is 4.35. The second-order valence-electron chi connectivity index (χ2n) is 4.44. The van der Waals surface area contributed by atoms with Crippen LogP contribution in [-0.4, -0.2) is 32.1 Å². The summed E-state index contributed by atoms with van der Waals surface area (Å²) in [5.41, 5.74) is 6.89. The molecule has 0 spiro atoms. The largest absolute Gasteiger partial charge is 0.323 e. The zero-order valence-corrected chi connectivity index (χ0v) is 10.7. The zero-order chi connectivity index (χ0) is 13.5. The van der Waals surface area contributed by atoms with Crippen LogP contribution in [0, 0.1) is 11.6 Å². The van der Waals surface area contributed by atoms with Crippen molar-refractivity contribution in [1.82, 2.24) is 4.31 Å². The molecule has 0 saturated carbocycles. The molecular formula is C11H14F2N2O2S. The SMILES string of the molecule is CS(=O)(=O)N1CCc2cc(F)c(F)cc2C(N)C1. The number of hydrogen-bond donors (Lipinski definition) is 1. The van der Waals surface area contributed by atoms with Crippen LogP contribution in [0.1, 0.15) is 17.2 Å². The van der Waals surface area contributed by atoms with Crippen molar-refractivity contribution >= 4 is 10.0 Å². The van der Waals surface area contributed by atoms with Gasteiger partial charge in [0.1, 0.15) is 0 Å². The van der Waals surface area contributed by atoms with Crippen LogP contribution in [0.5, 0.6) is 0 Å². The first-order valence-electron chi connectivity index (χ1n) is 5.47. The van der Waals surface area contributed by atoms with E-state index < -0.39 is 27.7 Å². The minimum atomic E-state index is -3.35. The van der Waals surface area contributed by atoms with Gasteiger partial charge in [0.2, 0.25) is 10.0 Å². The van der Waals surface area contributed by atoms with Crippen molar-refractivity contribution in [2.75, 3.05) is 19.3 Å². The third kappa shape index (κ3) is 2.52. The second-order valence-corrected chi connectivity index (χ2v) is 6.43. The first-order valence-corrected chi connectivity index (χ1v) is 7.32. The van der Waals surface area contributed by atoms with E-state index >= 15 is 0 Å². The molecule has 0 saturated heterocycles. The van der Waals surface area contributed by atoms with Gasteiger partial charge in [0.05, 0.1) is 6.26 Å². The Kier molecular flexibility index (Phi) is 3.39. The van der Waals surface area contributed by atoms with Crippen molar-refractivity contribution < 1.29 is 17.2 Å². The minimum absolute atomic E-state index is 0.0803. The predicted octanol–water partition coefficient (Wildman–Crippen LogP) is 0.782. The van der Waals surface area contributed by atoms with Gasteiger partial charge in [-0.3, -0.25) is 0 Å². The van der Waals surface area contributed by atoms with Crippen molar-refractivity contribution in [3.63, 3.8) is 0 Å². The number of halogens is 2. The summed E-state index contributed by atoms with van der Waals surface area (Å²) < 4.78 is 50.5. The lowest BCUT2D eigenvalue weighted by Gasteiger charge is -2.20. The van der Waals surface area contributed by atoms with Crippen LogP contribution in [0.25, 0.3) is 0 Å². The zero-order valence-electron chi connectivity index (χ0n) is 9.86. The quantitative estimate of drug-likeness (QED) is 0.824. The number of nitrogens with zero attached hydrogens (tertiary/aromatic N) is 1. The standard InChI is InChI=1S/C11H14F2N2O2S/c1-18(16,17)15-3-2-7-4-9(12)10(13)5-8(7)11(14)6-15/h4-5,11H,2-3,6,14H2,1H3. The first kappa shape index (κ1) is 13.4. The van der Waals surface area contributed by atoms with Gasteiger partial charge in [-0.15, -0.1) is 0 Å². The minimum Gasteiger partial charge on any atom is -0.323 e. The topological polar surface area (TPSA) is 63.4 Å². The van der Waals surface area contributed by atoms with Crippen LogP contribution in [0.3, 0.4) is 0 Å². The molecular weight excluding hydrogens is 262 g/mol. The molecule has 2 N–H and O–H groups in total. The van der Waals surface area contributed by atoms with E-state index in [0.29, 0.717) is 17.5 Å². The van der Waals surface area contributed by atoms with E-state index in [1.54, 1.807) is 0 Å². The summed E-state index contributed by atoms with van der Waals surface area (Å²) in [6.45, 7) is 0.307. The summed E-state index contributed by atoms with van der Waals surface area (Å²) in [5.74, 6) is -1.90. The molecule has 0 radical (unpaired) electrons. The average Bonchev–Trinajstić information content (AvgIpc) is 2.40. The number of benzene rings is 1. The Labute approximate surface area is 104 Å². The first-order chi connectivity index (χ1) is 8.29. The highest BCUT2D eigenvalue weighted by Crippen LogP contribution is 2.25. The summed E-state index contributed by atoms with van der Waals surface area (Å²) in [6, 6.07) is 1.50. The fourth-order valence-corrected chi connectivity index (χ4v) is 2.97. The van der Waals surface area contributed by atoms with E-state index in [1.165, 1.54) is 4.31 Å². The fraction of sp³-hybridized carbons (Fsp3) is 0.455. The Hall–Kier alpha value is -1.05. The van der Waals surface area contributed by atoms with E-state index in [-0.39, 0.29) is 13.1 Å². The monoisotopic (exact) mass is 276 g/mol. The Bertz CT molecular complexity index is 575. The Morgan fingerprint density at radius 3 is 2.56 bits per heavy atom. The van der Waals surface area contributed by atoms with Crippen molar-refractivity contribution in [3.05, 3.63) is 34.9 Å². The van der Waals surface area contributed by atoms with Crippen LogP contribution in [0.15, 0.2) is 12.1 Å². The normalized spacial score (nSPS) is 21.4. The smallest absolute Gasteiger partial charge is 0.211 e. The van der Waals surface area contributed by atoms with Crippen LogP contribution < -0.4 is 5.73 Å². The molecule has 1 aromatic carbocycles. The summed E-state index contributed by atoms with van der Waals surface area (Å²) >= 11 is 0. The van der Waals surface area contributed by atoms with Gasteiger partial charge in [0.15, 0.2) is 11.6 Å². The van der Waals surface area contributed by atoms with Crippen molar-refractivity contribution in [2.24, 2.45) is 5.73 Å². The summed E-state index contributed by atoms with van der Waals surface area (Å²) in [5, 5.41) is 0. The maximum absolute atomic E-state index is 13.2. The van der Waals surface area contributed by atoms with Crippen LogP contribution >= 0.6 is 0 Å². The van der Waals surface area contributed by atoms with Gasteiger partial charge < -0.3 is 5.73 Å². The highest BCUT2D eigenvalue weighted by atomic mass is 32.2. The fourth-order valence-electron chi connectivity index (χ4n) is 2.12. The predicted molar refractivity (Wildman–Crippen MR) is 63.4 cm³/mol. The summed E-state index contributed by atoms with van der Waals surface area (Å²) in [4.78, 5) is 0. The molecule has 0 aromatic heterocycles. The molecule has 1 aliphatic rings. The second kappa shape index (κ2) is 4.56. The molecule has 2 rings (SSSR count). The molecule has 1 atom stereocenters.